The minimum absolute atomic E-state index is 1.02. The second-order valence-corrected chi connectivity index (χ2v) is 5.35. The van der Waals surface area contributed by atoms with Crippen molar-refractivity contribution in [1.82, 2.24) is 0 Å². The third kappa shape index (κ3) is 4.60. The monoisotopic (exact) mass is 306 g/mol. The first-order valence-electron chi connectivity index (χ1n) is 7.97. The summed E-state index contributed by atoms with van der Waals surface area (Å²) in [5.41, 5.74) is 4.52. The van der Waals surface area contributed by atoms with Crippen LogP contribution in [0.3, 0.4) is 0 Å². The van der Waals surface area contributed by atoms with Crippen molar-refractivity contribution in [1.29, 1.82) is 0 Å². The standard InChI is InChI=1S/C24H18/c1-4-12-21(13-5-1)14-10-11-19-24(23-17-8-3-9-18-23)20-22-15-6-2-7-16-22/h1-9,11-13,15-20H/b19-11-,24-20-. The molecule has 0 amide bonds. The Balaban J connectivity index is 1.87. The average Bonchev–Trinajstić information content (AvgIpc) is 2.66. The molecule has 0 N–H and O–H groups in total. The Kier molecular flexibility index (Phi) is 5.43. The van der Waals surface area contributed by atoms with E-state index in [9.17, 15) is 0 Å². The van der Waals surface area contributed by atoms with Crippen LogP contribution in [0.4, 0.5) is 0 Å². The number of rotatable bonds is 3. The Hall–Kier alpha value is -3.30. The fraction of sp³-hybridized carbons (Fsp3) is 0. The van der Waals surface area contributed by atoms with Gasteiger partial charge in [0.1, 0.15) is 0 Å². The van der Waals surface area contributed by atoms with Crippen molar-refractivity contribution in [3.05, 3.63) is 120 Å². The maximum Gasteiger partial charge on any atom is 0.0248 e. The van der Waals surface area contributed by atoms with Crippen LogP contribution in [0.25, 0.3) is 11.6 Å². The molecular weight excluding hydrogens is 288 g/mol. The van der Waals surface area contributed by atoms with E-state index < -0.39 is 0 Å². The van der Waals surface area contributed by atoms with E-state index in [-0.39, 0.29) is 0 Å². The topological polar surface area (TPSA) is 0 Å². The molecule has 3 aromatic rings. The molecule has 24 heavy (non-hydrogen) atoms. The molecule has 0 atom stereocenters. The molecule has 0 aliphatic rings. The molecule has 0 fully saturated rings. The van der Waals surface area contributed by atoms with Crippen LogP contribution in [0.2, 0.25) is 0 Å². The Morgan fingerprint density at radius 3 is 1.92 bits per heavy atom. The molecule has 0 saturated carbocycles. The minimum Gasteiger partial charge on any atom is -0.0696 e. The summed E-state index contributed by atoms with van der Waals surface area (Å²) >= 11 is 0. The van der Waals surface area contributed by atoms with Crippen LogP contribution in [0, 0.1) is 11.8 Å². The van der Waals surface area contributed by atoms with Crippen molar-refractivity contribution in [2.24, 2.45) is 0 Å². The van der Waals surface area contributed by atoms with E-state index >= 15 is 0 Å². The molecule has 0 aliphatic carbocycles. The minimum atomic E-state index is 1.02. The van der Waals surface area contributed by atoms with Gasteiger partial charge in [0.05, 0.1) is 0 Å². The number of hydrogen-bond acceptors (Lipinski definition) is 0. The van der Waals surface area contributed by atoms with Crippen molar-refractivity contribution in [2.45, 2.75) is 0 Å². The highest BCUT2D eigenvalue weighted by atomic mass is 14.0. The van der Waals surface area contributed by atoms with E-state index in [1.54, 1.807) is 0 Å². The summed E-state index contributed by atoms with van der Waals surface area (Å²) in [7, 11) is 0. The van der Waals surface area contributed by atoms with Gasteiger partial charge in [-0.25, -0.2) is 0 Å². The average molecular weight is 306 g/mol. The van der Waals surface area contributed by atoms with E-state index in [1.807, 2.05) is 60.7 Å². The third-order valence-corrected chi connectivity index (χ3v) is 3.57. The Morgan fingerprint density at radius 1 is 0.667 bits per heavy atom. The van der Waals surface area contributed by atoms with Crippen molar-refractivity contribution >= 4 is 11.6 Å². The maximum atomic E-state index is 3.15. The van der Waals surface area contributed by atoms with Gasteiger partial charge in [-0.15, -0.1) is 0 Å². The Morgan fingerprint density at radius 2 is 1.25 bits per heavy atom. The van der Waals surface area contributed by atoms with Gasteiger partial charge in [0.2, 0.25) is 0 Å². The molecule has 0 nitrogen and oxygen atoms in total. The Bertz CT molecular complexity index is 874. The van der Waals surface area contributed by atoms with Gasteiger partial charge in [0.25, 0.3) is 0 Å². The molecule has 0 unspecified atom stereocenters. The zero-order valence-electron chi connectivity index (χ0n) is 13.4. The molecule has 0 bridgehead atoms. The van der Waals surface area contributed by atoms with Crippen LogP contribution < -0.4 is 0 Å². The van der Waals surface area contributed by atoms with Gasteiger partial charge >= 0.3 is 0 Å². The fourth-order valence-corrected chi connectivity index (χ4v) is 2.37. The van der Waals surface area contributed by atoms with Gasteiger partial charge < -0.3 is 0 Å². The summed E-state index contributed by atoms with van der Waals surface area (Å²) in [6, 6.07) is 30.7. The molecule has 3 rings (SSSR count). The summed E-state index contributed by atoms with van der Waals surface area (Å²) in [6.45, 7) is 0. The maximum absolute atomic E-state index is 3.15. The van der Waals surface area contributed by atoms with E-state index in [1.165, 1.54) is 11.1 Å². The molecule has 0 heteroatoms. The number of hydrogen-bond donors (Lipinski definition) is 0. The molecule has 0 radical (unpaired) electrons. The molecule has 0 aromatic heterocycles. The van der Waals surface area contributed by atoms with Crippen LogP contribution in [-0.2, 0) is 0 Å². The van der Waals surface area contributed by atoms with Crippen LogP contribution in [0.1, 0.15) is 16.7 Å². The highest BCUT2D eigenvalue weighted by molar-refractivity contribution is 5.87. The van der Waals surface area contributed by atoms with Crippen LogP contribution in [0.5, 0.6) is 0 Å². The normalized spacial score (nSPS) is 11.1. The quantitative estimate of drug-likeness (QED) is 0.324. The molecule has 0 saturated heterocycles. The lowest BCUT2D eigenvalue weighted by molar-refractivity contribution is 1.61. The highest BCUT2D eigenvalue weighted by Crippen LogP contribution is 2.19. The first-order valence-corrected chi connectivity index (χ1v) is 7.97. The number of allylic oxidation sites excluding steroid dienone is 3. The van der Waals surface area contributed by atoms with Crippen LogP contribution in [-0.4, -0.2) is 0 Å². The molecule has 0 spiro atoms. The van der Waals surface area contributed by atoms with Gasteiger partial charge in [0, 0.05) is 5.56 Å². The van der Waals surface area contributed by atoms with Gasteiger partial charge in [-0.05, 0) is 47.1 Å². The smallest absolute Gasteiger partial charge is 0.0248 e. The second kappa shape index (κ2) is 8.36. The highest BCUT2D eigenvalue weighted by Gasteiger charge is 1.97. The van der Waals surface area contributed by atoms with Gasteiger partial charge in [-0.2, -0.15) is 0 Å². The molecule has 0 heterocycles. The predicted octanol–water partition coefficient (Wildman–Crippen LogP) is 5.84. The zero-order valence-corrected chi connectivity index (χ0v) is 13.4. The first-order chi connectivity index (χ1) is 11.9. The third-order valence-electron chi connectivity index (χ3n) is 3.57. The lowest BCUT2D eigenvalue weighted by Gasteiger charge is -2.02. The van der Waals surface area contributed by atoms with Crippen LogP contribution in [0.15, 0.2) is 103 Å². The van der Waals surface area contributed by atoms with Gasteiger partial charge in [-0.1, -0.05) is 90.7 Å². The van der Waals surface area contributed by atoms with Gasteiger partial charge in [0.15, 0.2) is 0 Å². The summed E-state index contributed by atoms with van der Waals surface area (Å²) in [5.74, 6) is 6.27. The van der Waals surface area contributed by atoms with Crippen molar-refractivity contribution < 1.29 is 0 Å². The molecule has 3 aromatic carbocycles. The summed E-state index contributed by atoms with van der Waals surface area (Å²) < 4.78 is 0. The van der Waals surface area contributed by atoms with Crippen molar-refractivity contribution in [2.75, 3.05) is 0 Å². The van der Waals surface area contributed by atoms with E-state index in [0.29, 0.717) is 0 Å². The lowest BCUT2D eigenvalue weighted by Crippen LogP contribution is -1.81. The number of benzene rings is 3. The van der Waals surface area contributed by atoms with E-state index in [2.05, 4.69) is 60.4 Å². The summed E-state index contributed by atoms with van der Waals surface area (Å²) in [5, 5.41) is 0. The lowest BCUT2D eigenvalue weighted by atomic mass is 10.0. The second-order valence-electron chi connectivity index (χ2n) is 5.35. The zero-order chi connectivity index (χ0) is 16.5. The van der Waals surface area contributed by atoms with Gasteiger partial charge in [-0.3, -0.25) is 0 Å². The predicted molar refractivity (Wildman–Crippen MR) is 103 cm³/mol. The SMILES string of the molecule is C(#Cc1ccccc1)/C=C\C(=C\c1ccccc1)c1ccccc1. The Labute approximate surface area is 143 Å². The van der Waals surface area contributed by atoms with E-state index in [4.69, 9.17) is 0 Å². The van der Waals surface area contributed by atoms with Crippen molar-refractivity contribution in [3.8, 4) is 11.8 Å². The fourth-order valence-electron chi connectivity index (χ4n) is 2.37. The van der Waals surface area contributed by atoms with Crippen molar-refractivity contribution in [3.63, 3.8) is 0 Å². The molecular formula is C24H18. The summed E-state index contributed by atoms with van der Waals surface area (Å²) in [6.07, 6.45) is 6.16. The van der Waals surface area contributed by atoms with E-state index in [0.717, 1.165) is 11.1 Å². The first kappa shape index (κ1) is 15.6. The molecule has 114 valence electrons. The summed E-state index contributed by atoms with van der Waals surface area (Å²) in [4.78, 5) is 0. The van der Waals surface area contributed by atoms with Crippen LogP contribution >= 0.6 is 0 Å². The largest absolute Gasteiger partial charge is 0.0696 e. The molecule has 0 aliphatic heterocycles.